The molecule has 2 N–H and O–H groups in total. The normalized spacial score (nSPS) is 10.9. The molecule has 258 valence electrons. The molecule has 11 heteroatoms. The maximum atomic E-state index is 4.88. The highest BCUT2D eigenvalue weighted by molar-refractivity contribution is 14.1. The SMILES string of the molecule is Ic1cnc2c(NCc3cccnc3)nc(-c3ccccc3)cn12.c1ccc(-c2cn3c(-c4ccccc4)cnc3c(NCc3cccnc3)n2)cc1. The van der Waals surface area contributed by atoms with Crippen LogP contribution >= 0.6 is 22.6 Å². The van der Waals surface area contributed by atoms with Crippen molar-refractivity contribution in [3.63, 3.8) is 0 Å². The third-order valence-electron chi connectivity index (χ3n) is 8.51. The zero-order chi connectivity index (χ0) is 35.8. The number of hydrogen-bond acceptors (Lipinski definition) is 8. The molecule has 6 aromatic heterocycles. The Bertz CT molecular complexity index is 2560. The summed E-state index contributed by atoms with van der Waals surface area (Å²) in [6.45, 7) is 1.28. The van der Waals surface area contributed by atoms with Gasteiger partial charge in [-0.2, -0.15) is 0 Å². The lowest BCUT2D eigenvalue weighted by atomic mass is 10.1. The number of hydrogen-bond donors (Lipinski definition) is 2. The first kappa shape index (κ1) is 33.7. The van der Waals surface area contributed by atoms with Crippen molar-refractivity contribution in [3.05, 3.63) is 180 Å². The number of fused-ring (bicyclic) bond motifs is 2. The van der Waals surface area contributed by atoms with E-state index in [1.54, 1.807) is 12.4 Å². The van der Waals surface area contributed by atoms with Gasteiger partial charge in [-0.05, 0) is 45.9 Å². The number of benzene rings is 3. The molecule has 0 atom stereocenters. The molecule has 0 aliphatic carbocycles. The average molecular weight is 805 g/mol. The zero-order valence-corrected chi connectivity index (χ0v) is 30.6. The summed E-state index contributed by atoms with van der Waals surface area (Å²) >= 11 is 2.28. The van der Waals surface area contributed by atoms with Crippen molar-refractivity contribution in [3.8, 4) is 33.8 Å². The molecule has 6 heterocycles. The van der Waals surface area contributed by atoms with Gasteiger partial charge in [-0.15, -0.1) is 0 Å². The van der Waals surface area contributed by atoms with Crippen LogP contribution in [0, 0.1) is 3.70 Å². The van der Waals surface area contributed by atoms with Crippen molar-refractivity contribution >= 4 is 45.5 Å². The highest BCUT2D eigenvalue weighted by Gasteiger charge is 2.14. The Morgan fingerprint density at radius 1 is 0.491 bits per heavy atom. The lowest BCUT2D eigenvalue weighted by molar-refractivity contribution is 1.05. The van der Waals surface area contributed by atoms with Gasteiger partial charge in [0.25, 0.3) is 0 Å². The molecule has 0 aliphatic heterocycles. The average Bonchev–Trinajstić information content (AvgIpc) is 3.84. The van der Waals surface area contributed by atoms with Crippen molar-refractivity contribution in [2.24, 2.45) is 0 Å². The first-order chi connectivity index (χ1) is 26.2. The number of halogens is 1. The van der Waals surface area contributed by atoms with Gasteiger partial charge in [0.2, 0.25) is 0 Å². The summed E-state index contributed by atoms with van der Waals surface area (Å²) < 4.78 is 5.21. The van der Waals surface area contributed by atoms with E-state index in [1.165, 1.54) is 0 Å². The number of aromatic nitrogens is 8. The molecule has 0 unspecified atom stereocenters. The van der Waals surface area contributed by atoms with Gasteiger partial charge in [0, 0.05) is 67.0 Å². The van der Waals surface area contributed by atoms with Crippen LogP contribution in [-0.4, -0.2) is 38.7 Å². The molecule has 0 amide bonds. The number of imidazole rings is 2. The number of nitrogens with one attached hydrogen (secondary N) is 2. The fourth-order valence-electron chi connectivity index (χ4n) is 5.88. The smallest absolute Gasteiger partial charge is 0.180 e. The standard InChI is InChI=1S/C24H19N5.C18H14IN5/c1-3-9-19(10-4-1)21-17-29-22(20-11-5-2-6-12-20)16-27-24(29)23(28-21)26-15-18-8-7-13-25-14-18;19-16-11-22-18-17(21-10-13-5-4-8-20-9-13)23-15(12-24(16)18)14-6-2-1-3-7-14/h1-14,16-17H,15H2,(H,26,28);1-9,11-12H,10H2,(H,21,23). The van der Waals surface area contributed by atoms with Crippen LogP contribution < -0.4 is 10.6 Å². The van der Waals surface area contributed by atoms with E-state index in [0.717, 1.165) is 71.5 Å². The van der Waals surface area contributed by atoms with Gasteiger partial charge in [-0.3, -0.25) is 18.8 Å². The summed E-state index contributed by atoms with van der Waals surface area (Å²) in [6.07, 6.45) is 15.1. The molecule has 0 saturated carbocycles. The van der Waals surface area contributed by atoms with Crippen LogP contribution in [0.4, 0.5) is 11.6 Å². The van der Waals surface area contributed by atoms with E-state index in [0.29, 0.717) is 13.1 Å². The Labute approximate surface area is 319 Å². The van der Waals surface area contributed by atoms with E-state index in [2.05, 4.69) is 105 Å². The van der Waals surface area contributed by atoms with Gasteiger partial charge in [0.15, 0.2) is 22.9 Å². The summed E-state index contributed by atoms with van der Waals surface area (Å²) in [5.41, 5.74) is 9.90. The lowest BCUT2D eigenvalue weighted by Crippen LogP contribution is -2.05. The molecule has 53 heavy (non-hydrogen) atoms. The summed E-state index contributed by atoms with van der Waals surface area (Å²) in [7, 11) is 0. The van der Waals surface area contributed by atoms with Crippen molar-refractivity contribution in [1.29, 1.82) is 0 Å². The topological polar surface area (TPSA) is 110 Å². The molecule has 0 spiro atoms. The second-order valence-corrected chi connectivity index (χ2v) is 13.2. The predicted octanol–water partition coefficient (Wildman–Crippen LogP) is 9.08. The predicted molar refractivity (Wildman–Crippen MR) is 218 cm³/mol. The largest absolute Gasteiger partial charge is 0.363 e. The van der Waals surface area contributed by atoms with Gasteiger partial charge in [0.05, 0.1) is 29.5 Å². The molecule has 3 aromatic carbocycles. The second-order valence-electron chi connectivity index (χ2n) is 12.1. The molecule has 0 aliphatic rings. The summed E-state index contributed by atoms with van der Waals surface area (Å²) in [4.78, 5) is 27.1. The van der Waals surface area contributed by atoms with E-state index >= 15 is 0 Å². The molecule has 9 rings (SSSR count). The van der Waals surface area contributed by atoms with E-state index in [1.807, 2.05) is 110 Å². The van der Waals surface area contributed by atoms with Crippen LogP contribution in [0.15, 0.2) is 165 Å². The molecular weight excluding hydrogens is 771 g/mol. The number of nitrogens with zero attached hydrogens (tertiary/aromatic N) is 8. The summed E-state index contributed by atoms with van der Waals surface area (Å²) in [5, 5.41) is 6.83. The zero-order valence-electron chi connectivity index (χ0n) is 28.5. The summed E-state index contributed by atoms with van der Waals surface area (Å²) in [6, 6.07) is 38.6. The molecule has 0 radical (unpaired) electrons. The first-order valence-corrected chi connectivity index (χ1v) is 18.1. The van der Waals surface area contributed by atoms with Crippen LogP contribution in [0.25, 0.3) is 45.1 Å². The maximum Gasteiger partial charge on any atom is 0.180 e. The molecule has 0 saturated heterocycles. The highest BCUT2D eigenvalue weighted by atomic mass is 127. The van der Waals surface area contributed by atoms with Gasteiger partial charge in [-0.25, -0.2) is 19.9 Å². The van der Waals surface area contributed by atoms with E-state index in [9.17, 15) is 0 Å². The van der Waals surface area contributed by atoms with Crippen molar-refractivity contribution in [1.82, 2.24) is 38.7 Å². The van der Waals surface area contributed by atoms with Crippen molar-refractivity contribution in [2.45, 2.75) is 13.1 Å². The van der Waals surface area contributed by atoms with Crippen LogP contribution in [0.1, 0.15) is 11.1 Å². The van der Waals surface area contributed by atoms with Crippen LogP contribution in [0.3, 0.4) is 0 Å². The Kier molecular flexibility index (Phi) is 10.1. The van der Waals surface area contributed by atoms with Gasteiger partial charge in [0.1, 0.15) is 3.70 Å². The fraction of sp³-hybridized carbons (Fsp3) is 0.0476. The van der Waals surface area contributed by atoms with Crippen LogP contribution in [-0.2, 0) is 13.1 Å². The molecule has 0 fully saturated rings. The Hall–Kier alpha value is -6.47. The lowest BCUT2D eigenvalue weighted by Gasteiger charge is -2.11. The minimum absolute atomic E-state index is 0.627. The third kappa shape index (κ3) is 7.75. The van der Waals surface area contributed by atoms with Crippen molar-refractivity contribution < 1.29 is 0 Å². The van der Waals surface area contributed by atoms with Crippen molar-refractivity contribution in [2.75, 3.05) is 10.6 Å². The molecule has 0 bridgehead atoms. The fourth-order valence-corrected chi connectivity index (χ4v) is 6.39. The Morgan fingerprint density at radius 3 is 1.47 bits per heavy atom. The summed E-state index contributed by atoms with van der Waals surface area (Å²) in [5.74, 6) is 1.51. The third-order valence-corrected chi connectivity index (χ3v) is 9.31. The van der Waals surface area contributed by atoms with E-state index in [4.69, 9.17) is 9.97 Å². The van der Waals surface area contributed by atoms with Crippen LogP contribution in [0.5, 0.6) is 0 Å². The first-order valence-electron chi connectivity index (χ1n) is 17.0. The van der Waals surface area contributed by atoms with Crippen LogP contribution in [0.2, 0.25) is 0 Å². The maximum absolute atomic E-state index is 4.88. The number of rotatable bonds is 9. The van der Waals surface area contributed by atoms with Gasteiger partial charge >= 0.3 is 0 Å². The minimum atomic E-state index is 0.627. The second kappa shape index (κ2) is 15.8. The molecule has 10 nitrogen and oxygen atoms in total. The van der Waals surface area contributed by atoms with E-state index < -0.39 is 0 Å². The number of anilines is 2. The highest BCUT2D eigenvalue weighted by Crippen LogP contribution is 2.28. The van der Waals surface area contributed by atoms with E-state index in [-0.39, 0.29) is 0 Å². The monoisotopic (exact) mass is 804 g/mol. The quantitative estimate of drug-likeness (QED) is 0.139. The molecule has 9 aromatic rings. The van der Waals surface area contributed by atoms with Gasteiger partial charge < -0.3 is 10.6 Å². The Morgan fingerprint density at radius 2 is 0.962 bits per heavy atom. The minimum Gasteiger partial charge on any atom is -0.363 e. The molecular formula is C42H33IN10. The number of pyridine rings is 2. The van der Waals surface area contributed by atoms with Gasteiger partial charge in [-0.1, -0.05) is 103 Å². The Balaban J connectivity index is 0.000000154.